The quantitative estimate of drug-likeness (QED) is 0.693. The second-order valence-corrected chi connectivity index (χ2v) is 3.94. The van der Waals surface area contributed by atoms with Crippen molar-refractivity contribution in [3.8, 4) is 0 Å². The third-order valence-corrected chi connectivity index (χ3v) is 2.38. The van der Waals surface area contributed by atoms with Crippen molar-refractivity contribution in [3.05, 3.63) is 24.4 Å². The zero-order chi connectivity index (χ0) is 13.1. The summed E-state index contributed by atoms with van der Waals surface area (Å²) in [7, 11) is 0. The zero-order valence-corrected chi connectivity index (χ0v) is 9.83. The van der Waals surface area contributed by atoms with E-state index >= 15 is 0 Å². The summed E-state index contributed by atoms with van der Waals surface area (Å²) >= 11 is 0. The number of nitrogens with zero attached hydrogens (tertiary/aromatic N) is 2. The molecule has 1 aromatic carbocycles. The van der Waals surface area contributed by atoms with Crippen LogP contribution in [0.5, 0.6) is 0 Å². The summed E-state index contributed by atoms with van der Waals surface area (Å²) in [5.74, 6) is 0. The first-order valence-corrected chi connectivity index (χ1v) is 5.43. The fourth-order valence-corrected chi connectivity index (χ4v) is 1.55. The van der Waals surface area contributed by atoms with Gasteiger partial charge < -0.3 is 21.0 Å². The molecule has 1 heterocycles. The van der Waals surface area contributed by atoms with E-state index in [2.05, 4.69) is 10.4 Å². The van der Waals surface area contributed by atoms with Crippen LogP contribution in [0, 0.1) is 0 Å². The minimum atomic E-state index is -1.08. The molecule has 0 aliphatic rings. The molecule has 7 nitrogen and oxygen atoms in total. The van der Waals surface area contributed by atoms with Gasteiger partial charge in [0.2, 0.25) is 0 Å². The number of hydrogen-bond acceptors (Lipinski definition) is 4. The van der Waals surface area contributed by atoms with Gasteiger partial charge in [0.15, 0.2) is 0 Å². The highest BCUT2D eigenvalue weighted by atomic mass is 16.7. The Morgan fingerprint density at radius 2 is 2.44 bits per heavy atom. The molecule has 0 aliphatic heterocycles. The topological polar surface area (TPSA) is 102 Å². The van der Waals surface area contributed by atoms with Crippen molar-refractivity contribution in [2.75, 3.05) is 12.3 Å². The predicted molar refractivity (Wildman–Crippen MR) is 66.2 cm³/mol. The lowest BCUT2D eigenvalue weighted by Gasteiger charge is -2.13. The van der Waals surface area contributed by atoms with Crippen LogP contribution in [0.1, 0.15) is 6.92 Å². The molecular formula is C11H14N4O3. The number of nitrogens with two attached hydrogens (primary N) is 1. The smallest absolute Gasteiger partial charge is 0.404 e. The Kier molecular flexibility index (Phi) is 3.22. The van der Waals surface area contributed by atoms with Crippen molar-refractivity contribution in [2.45, 2.75) is 13.0 Å². The molecule has 4 N–H and O–H groups in total. The normalized spacial score (nSPS) is 12.3. The van der Waals surface area contributed by atoms with Gasteiger partial charge >= 0.3 is 6.09 Å². The van der Waals surface area contributed by atoms with Crippen molar-refractivity contribution in [1.82, 2.24) is 15.3 Å². The molecule has 1 amide bonds. The number of rotatable bonds is 4. The Labute approximate surface area is 103 Å². The monoisotopic (exact) mass is 250 g/mol. The van der Waals surface area contributed by atoms with E-state index in [4.69, 9.17) is 15.7 Å². The van der Waals surface area contributed by atoms with Crippen LogP contribution in [0.25, 0.3) is 10.9 Å². The predicted octanol–water partition coefficient (Wildman–Crippen LogP) is 0.703. The van der Waals surface area contributed by atoms with Crippen molar-refractivity contribution in [2.24, 2.45) is 0 Å². The minimum absolute atomic E-state index is 0.186. The Balaban J connectivity index is 2.09. The van der Waals surface area contributed by atoms with Crippen molar-refractivity contribution in [3.63, 3.8) is 0 Å². The molecule has 0 saturated carbocycles. The van der Waals surface area contributed by atoms with Crippen molar-refractivity contribution in [1.29, 1.82) is 0 Å². The first-order chi connectivity index (χ1) is 8.56. The van der Waals surface area contributed by atoms with Crippen LogP contribution in [-0.2, 0) is 0 Å². The molecule has 0 radical (unpaired) electrons. The molecule has 0 aliphatic carbocycles. The molecule has 2 aromatic rings. The number of anilines is 1. The lowest BCUT2D eigenvalue weighted by molar-refractivity contribution is 0.0342. The average Bonchev–Trinajstić information content (AvgIpc) is 2.69. The number of aromatic nitrogens is 2. The van der Waals surface area contributed by atoms with Crippen LogP contribution < -0.4 is 15.9 Å². The third-order valence-electron chi connectivity index (χ3n) is 2.38. The van der Waals surface area contributed by atoms with Gasteiger partial charge in [0, 0.05) is 11.1 Å². The first-order valence-electron chi connectivity index (χ1n) is 5.43. The summed E-state index contributed by atoms with van der Waals surface area (Å²) < 4.78 is 0. The number of carbonyl (C=O) groups is 1. The maximum atomic E-state index is 10.4. The highest BCUT2D eigenvalue weighted by Crippen LogP contribution is 2.16. The van der Waals surface area contributed by atoms with Gasteiger partial charge in [0.25, 0.3) is 0 Å². The molecule has 0 saturated heterocycles. The fourth-order valence-electron chi connectivity index (χ4n) is 1.55. The lowest BCUT2D eigenvalue weighted by atomic mass is 10.2. The third kappa shape index (κ3) is 2.62. The van der Waals surface area contributed by atoms with Crippen LogP contribution in [0.2, 0.25) is 0 Å². The number of fused-ring (bicyclic) bond motifs is 1. The summed E-state index contributed by atoms with van der Waals surface area (Å²) in [6.45, 7) is 1.94. The summed E-state index contributed by atoms with van der Waals surface area (Å²) in [5.41, 5.74) is 7.10. The molecule has 0 fully saturated rings. The lowest BCUT2D eigenvalue weighted by Crippen LogP contribution is -2.36. The second kappa shape index (κ2) is 4.82. The van der Waals surface area contributed by atoms with Crippen LogP contribution >= 0.6 is 0 Å². The molecule has 0 unspecified atom stereocenters. The summed E-state index contributed by atoms with van der Waals surface area (Å²) in [5, 5.41) is 15.7. The van der Waals surface area contributed by atoms with Gasteiger partial charge in [0.05, 0.1) is 12.7 Å². The maximum absolute atomic E-state index is 10.4. The second-order valence-electron chi connectivity index (χ2n) is 3.94. The van der Waals surface area contributed by atoms with Crippen LogP contribution in [0.15, 0.2) is 24.4 Å². The maximum Gasteiger partial charge on any atom is 0.404 e. The van der Waals surface area contributed by atoms with Gasteiger partial charge in [-0.15, -0.1) is 5.10 Å². The van der Waals surface area contributed by atoms with Crippen molar-refractivity contribution >= 4 is 22.7 Å². The summed E-state index contributed by atoms with van der Waals surface area (Å²) in [6, 6.07) is 5.35. The van der Waals surface area contributed by atoms with Gasteiger partial charge in [0.1, 0.15) is 11.6 Å². The van der Waals surface area contributed by atoms with E-state index in [0.717, 1.165) is 10.9 Å². The van der Waals surface area contributed by atoms with Gasteiger partial charge in [-0.1, -0.05) is 4.85 Å². The van der Waals surface area contributed by atoms with Gasteiger partial charge in [-0.25, -0.2) is 4.79 Å². The Hall–Kier alpha value is -2.44. The molecule has 1 aromatic heterocycles. The van der Waals surface area contributed by atoms with E-state index in [1.54, 1.807) is 31.3 Å². The molecule has 96 valence electrons. The fraction of sp³-hybridized carbons (Fsp3) is 0.273. The van der Waals surface area contributed by atoms with E-state index in [1.165, 1.54) is 4.85 Å². The number of hydrogen-bond donors (Lipinski definition) is 3. The van der Waals surface area contributed by atoms with Crippen LogP contribution in [0.4, 0.5) is 10.5 Å². The number of amides is 1. The van der Waals surface area contributed by atoms with E-state index in [9.17, 15) is 4.79 Å². The SMILES string of the molecule is C[C@H](CNC(=O)O)On1ncc2cc(N)ccc21. The van der Waals surface area contributed by atoms with E-state index in [1.807, 2.05) is 0 Å². The van der Waals surface area contributed by atoms with Gasteiger partial charge in [-0.2, -0.15) is 0 Å². The molecule has 0 spiro atoms. The number of nitrogens with one attached hydrogen (secondary N) is 1. The van der Waals surface area contributed by atoms with E-state index in [0.29, 0.717) is 5.69 Å². The molecule has 18 heavy (non-hydrogen) atoms. The Bertz CT molecular complexity index is 566. The molecule has 7 heteroatoms. The van der Waals surface area contributed by atoms with E-state index in [-0.39, 0.29) is 12.6 Å². The first kappa shape index (κ1) is 12.0. The largest absolute Gasteiger partial charge is 0.465 e. The zero-order valence-electron chi connectivity index (χ0n) is 9.83. The number of benzene rings is 1. The summed E-state index contributed by atoms with van der Waals surface area (Å²) in [6.07, 6.45) is 0.230. The number of carboxylic acid groups (broad SMARTS) is 1. The molecular weight excluding hydrogens is 236 g/mol. The van der Waals surface area contributed by atoms with E-state index < -0.39 is 6.09 Å². The Morgan fingerprint density at radius 3 is 3.17 bits per heavy atom. The minimum Gasteiger partial charge on any atom is -0.465 e. The average molecular weight is 250 g/mol. The summed E-state index contributed by atoms with van der Waals surface area (Å²) in [4.78, 5) is 17.2. The van der Waals surface area contributed by atoms with Gasteiger partial charge in [-0.05, 0) is 25.1 Å². The highest BCUT2D eigenvalue weighted by Gasteiger charge is 2.09. The standard InChI is InChI=1S/C11H14N4O3/c1-7(5-13-11(16)17)18-15-10-3-2-9(12)4-8(10)6-14-15/h2-4,6-7,13H,5,12H2,1H3,(H,16,17)/t7-/m1/s1. The molecule has 0 bridgehead atoms. The van der Waals surface area contributed by atoms with Crippen molar-refractivity contribution < 1.29 is 14.7 Å². The number of nitrogen functional groups attached to an aromatic ring is 1. The highest BCUT2D eigenvalue weighted by molar-refractivity contribution is 5.81. The molecule has 1 atom stereocenters. The van der Waals surface area contributed by atoms with Crippen LogP contribution in [-0.4, -0.2) is 33.8 Å². The Morgan fingerprint density at radius 1 is 1.67 bits per heavy atom. The van der Waals surface area contributed by atoms with Crippen LogP contribution in [0.3, 0.4) is 0 Å². The molecule has 2 rings (SSSR count). The van der Waals surface area contributed by atoms with Gasteiger partial charge in [-0.3, -0.25) is 0 Å².